The van der Waals surface area contributed by atoms with E-state index in [0.29, 0.717) is 29.1 Å². The van der Waals surface area contributed by atoms with Crippen molar-refractivity contribution in [3.05, 3.63) is 46.3 Å². The minimum Gasteiger partial charge on any atom is -0.355 e. The Balaban J connectivity index is 1.68. The Morgan fingerprint density at radius 2 is 2.14 bits per heavy atom. The van der Waals surface area contributed by atoms with Crippen molar-refractivity contribution in [2.45, 2.75) is 69.3 Å². The van der Waals surface area contributed by atoms with Crippen molar-refractivity contribution in [2.24, 2.45) is 0 Å². The lowest BCUT2D eigenvalue weighted by molar-refractivity contribution is -0.120. The van der Waals surface area contributed by atoms with Crippen molar-refractivity contribution < 1.29 is 4.79 Å². The van der Waals surface area contributed by atoms with E-state index in [1.165, 1.54) is 30.2 Å². The second-order valence-electron chi connectivity index (χ2n) is 7.28. The van der Waals surface area contributed by atoms with Gasteiger partial charge in [0.1, 0.15) is 0 Å². The number of nitrogens with one attached hydrogen (secondary N) is 1. The van der Waals surface area contributed by atoms with E-state index in [-0.39, 0.29) is 16.7 Å². The fraction of sp³-hybridized carbons (Fsp3) is 0.500. The SMILES string of the molecule is CCCn1c(S[C@H](C)C(=O)NCCC2=CCCCC2)nc2ccccc2c1=O. The summed E-state index contributed by atoms with van der Waals surface area (Å²) in [6.45, 7) is 5.17. The van der Waals surface area contributed by atoms with Gasteiger partial charge in [-0.15, -0.1) is 0 Å². The number of aromatic nitrogens is 2. The van der Waals surface area contributed by atoms with E-state index in [1.807, 2.05) is 32.0 Å². The molecule has 28 heavy (non-hydrogen) atoms. The summed E-state index contributed by atoms with van der Waals surface area (Å²) in [6, 6.07) is 7.39. The van der Waals surface area contributed by atoms with E-state index in [2.05, 4.69) is 16.4 Å². The minimum atomic E-state index is -0.309. The van der Waals surface area contributed by atoms with Crippen molar-refractivity contribution >= 4 is 28.6 Å². The quantitative estimate of drug-likeness (QED) is 0.408. The average Bonchev–Trinajstić information content (AvgIpc) is 2.71. The van der Waals surface area contributed by atoms with Crippen LogP contribution in [0.15, 0.2) is 45.9 Å². The molecule has 0 aliphatic heterocycles. The lowest BCUT2D eigenvalue weighted by Gasteiger charge is -2.17. The first kappa shape index (κ1) is 20.6. The van der Waals surface area contributed by atoms with Crippen LogP contribution in [-0.2, 0) is 11.3 Å². The Labute approximate surface area is 170 Å². The third kappa shape index (κ3) is 5.04. The second kappa shape index (κ2) is 9.92. The highest BCUT2D eigenvalue weighted by Crippen LogP contribution is 2.23. The van der Waals surface area contributed by atoms with Gasteiger partial charge >= 0.3 is 0 Å². The average molecular weight is 400 g/mol. The monoisotopic (exact) mass is 399 g/mol. The standard InChI is InChI=1S/C22H29N3O2S/c1-3-15-25-21(27)18-11-7-8-12-19(18)24-22(25)28-16(2)20(26)23-14-13-17-9-5-4-6-10-17/h7-9,11-12,16H,3-6,10,13-15H2,1-2H3,(H,23,26)/t16-/m1/s1. The van der Waals surface area contributed by atoms with Crippen molar-refractivity contribution in [1.29, 1.82) is 0 Å². The molecule has 0 radical (unpaired) electrons. The fourth-order valence-electron chi connectivity index (χ4n) is 3.49. The van der Waals surface area contributed by atoms with Crippen LogP contribution in [0.4, 0.5) is 0 Å². The molecular formula is C22H29N3O2S. The topological polar surface area (TPSA) is 64.0 Å². The number of para-hydroxylation sites is 1. The number of carbonyl (C=O) groups is 1. The lowest BCUT2D eigenvalue weighted by Crippen LogP contribution is -2.33. The van der Waals surface area contributed by atoms with Gasteiger partial charge in [0.05, 0.1) is 16.2 Å². The number of allylic oxidation sites excluding steroid dienone is 1. The zero-order valence-corrected chi connectivity index (χ0v) is 17.6. The zero-order chi connectivity index (χ0) is 19.9. The summed E-state index contributed by atoms with van der Waals surface area (Å²) in [5.41, 5.74) is 2.10. The lowest BCUT2D eigenvalue weighted by atomic mass is 9.97. The first-order valence-corrected chi connectivity index (χ1v) is 11.1. The number of nitrogens with zero attached hydrogens (tertiary/aromatic N) is 2. The van der Waals surface area contributed by atoms with Crippen molar-refractivity contribution in [1.82, 2.24) is 14.9 Å². The second-order valence-corrected chi connectivity index (χ2v) is 8.59. The summed E-state index contributed by atoms with van der Waals surface area (Å²) < 4.78 is 1.70. The Morgan fingerprint density at radius 3 is 2.89 bits per heavy atom. The number of carbonyl (C=O) groups excluding carboxylic acids is 1. The normalized spacial score (nSPS) is 15.3. The Hall–Kier alpha value is -2.08. The molecule has 0 saturated heterocycles. The summed E-state index contributed by atoms with van der Waals surface area (Å²) in [6.07, 6.45) is 8.94. The molecule has 1 aliphatic carbocycles. The van der Waals surface area contributed by atoms with Crippen LogP contribution in [0.5, 0.6) is 0 Å². The van der Waals surface area contributed by atoms with Crippen LogP contribution < -0.4 is 10.9 Å². The number of hydrogen-bond acceptors (Lipinski definition) is 4. The van der Waals surface area contributed by atoms with E-state index in [9.17, 15) is 9.59 Å². The maximum Gasteiger partial charge on any atom is 0.262 e. The van der Waals surface area contributed by atoms with Gasteiger partial charge in [-0.3, -0.25) is 14.2 Å². The van der Waals surface area contributed by atoms with Crippen LogP contribution in [0.3, 0.4) is 0 Å². The van der Waals surface area contributed by atoms with Gasteiger partial charge in [-0.05, 0) is 57.6 Å². The number of hydrogen-bond donors (Lipinski definition) is 1. The fourth-order valence-corrected chi connectivity index (χ4v) is 4.45. The van der Waals surface area contributed by atoms with Gasteiger partial charge in [0, 0.05) is 13.1 Å². The number of thioether (sulfide) groups is 1. The maximum atomic E-state index is 12.8. The zero-order valence-electron chi connectivity index (χ0n) is 16.7. The molecule has 1 aliphatic rings. The molecule has 6 heteroatoms. The molecule has 1 aromatic carbocycles. The van der Waals surface area contributed by atoms with Crippen LogP contribution in [0.25, 0.3) is 10.9 Å². The predicted molar refractivity (Wildman–Crippen MR) is 116 cm³/mol. The molecule has 1 aromatic heterocycles. The summed E-state index contributed by atoms with van der Waals surface area (Å²) in [7, 11) is 0. The number of amides is 1. The molecule has 0 saturated carbocycles. The molecule has 0 spiro atoms. The highest BCUT2D eigenvalue weighted by Gasteiger charge is 2.19. The van der Waals surface area contributed by atoms with E-state index in [4.69, 9.17) is 0 Å². The van der Waals surface area contributed by atoms with Gasteiger partial charge in [0.15, 0.2) is 5.16 Å². The first-order valence-electron chi connectivity index (χ1n) is 10.2. The molecule has 0 bridgehead atoms. The molecule has 2 aromatic rings. The van der Waals surface area contributed by atoms with Crippen LogP contribution in [0, 0.1) is 0 Å². The van der Waals surface area contributed by atoms with E-state index >= 15 is 0 Å². The summed E-state index contributed by atoms with van der Waals surface area (Å²) in [5.74, 6) is -0.00753. The van der Waals surface area contributed by atoms with Crippen LogP contribution in [-0.4, -0.2) is 27.3 Å². The van der Waals surface area contributed by atoms with Crippen molar-refractivity contribution in [2.75, 3.05) is 6.54 Å². The molecule has 1 heterocycles. The third-order valence-electron chi connectivity index (χ3n) is 5.06. The molecular weight excluding hydrogens is 370 g/mol. The van der Waals surface area contributed by atoms with Gasteiger partial charge in [-0.1, -0.05) is 42.5 Å². The maximum absolute atomic E-state index is 12.8. The molecule has 0 fully saturated rings. The van der Waals surface area contributed by atoms with E-state index in [1.54, 1.807) is 10.6 Å². The molecule has 1 atom stereocenters. The summed E-state index contributed by atoms with van der Waals surface area (Å²) >= 11 is 1.36. The van der Waals surface area contributed by atoms with Crippen molar-refractivity contribution in [3.63, 3.8) is 0 Å². The number of fused-ring (bicyclic) bond motifs is 1. The van der Waals surface area contributed by atoms with Gasteiger partial charge in [-0.25, -0.2) is 4.98 Å². The third-order valence-corrected chi connectivity index (χ3v) is 6.15. The van der Waals surface area contributed by atoms with Crippen LogP contribution in [0.1, 0.15) is 52.4 Å². The smallest absolute Gasteiger partial charge is 0.262 e. The van der Waals surface area contributed by atoms with E-state index < -0.39 is 0 Å². The predicted octanol–water partition coefficient (Wildman–Crippen LogP) is 4.29. The van der Waals surface area contributed by atoms with Gasteiger partial charge < -0.3 is 5.32 Å². The molecule has 0 unspecified atom stereocenters. The van der Waals surface area contributed by atoms with Crippen molar-refractivity contribution in [3.8, 4) is 0 Å². The summed E-state index contributed by atoms with van der Waals surface area (Å²) in [5, 5.41) is 3.97. The largest absolute Gasteiger partial charge is 0.355 e. The molecule has 1 N–H and O–H groups in total. The molecule has 1 amide bonds. The van der Waals surface area contributed by atoms with E-state index in [0.717, 1.165) is 25.7 Å². The minimum absolute atomic E-state index is 0.00753. The highest BCUT2D eigenvalue weighted by atomic mass is 32.2. The molecule has 3 rings (SSSR count). The number of benzene rings is 1. The molecule has 5 nitrogen and oxygen atoms in total. The Morgan fingerprint density at radius 1 is 1.32 bits per heavy atom. The van der Waals surface area contributed by atoms with Crippen LogP contribution >= 0.6 is 11.8 Å². The van der Waals surface area contributed by atoms with Gasteiger partial charge in [-0.2, -0.15) is 0 Å². The summed E-state index contributed by atoms with van der Waals surface area (Å²) in [4.78, 5) is 30.0. The molecule has 150 valence electrons. The Bertz CT molecular complexity index is 920. The van der Waals surface area contributed by atoms with Crippen LogP contribution in [0.2, 0.25) is 0 Å². The van der Waals surface area contributed by atoms with Gasteiger partial charge in [0.2, 0.25) is 5.91 Å². The Kier molecular flexibility index (Phi) is 7.31. The highest BCUT2D eigenvalue weighted by molar-refractivity contribution is 8.00. The van der Waals surface area contributed by atoms with Gasteiger partial charge in [0.25, 0.3) is 5.56 Å². The number of rotatable bonds is 8. The first-order chi connectivity index (χ1) is 13.6.